The second-order valence-electron chi connectivity index (χ2n) is 6.90. The Hall–Kier alpha value is -1.19. The first-order valence-electron chi connectivity index (χ1n) is 8.58. The fourth-order valence-electron chi connectivity index (χ4n) is 3.80. The van der Waals surface area contributed by atoms with E-state index in [1.54, 1.807) is 6.92 Å². The molecule has 0 aliphatic carbocycles. The molecule has 136 valence electrons. The molecule has 3 rings (SSSR count). The zero-order valence-electron chi connectivity index (χ0n) is 14.6. The van der Waals surface area contributed by atoms with Crippen molar-refractivity contribution < 1.29 is 13.2 Å². The van der Waals surface area contributed by atoms with Gasteiger partial charge >= 0.3 is 0 Å². The monoisotopic (exact) mass is 357 g/mol. The Morgan fingerprint density at radius 3 is 2.54 bits per heavy atom. The predicted octanol–water partition coefficient (Wildman–Crippen LogP) is 0.821. The third kappa shape index (κ3) is 3.89. The van der Waals surface area contributed by atoms with Crippen molar-refractivity contribution in [2.75, 3.05) is 30.9 Å². The van der Waals surface area contributed by atoms with E-state index in [-0.39, 0.29) is 0 Å². The van der Waals surface area contributed by atoms with Crippen LogP contribution >= 0.6 is 0 Å². The molecule has 0 spiro atoms. The molecular formula is C15H27N5O3S. The first-order chi connectivity index (χ1) is 11.3. The predicted molar refractivity (Wildman–Crippen MR) is 91.3 cm³/mol. The molecule has 0 bridgehead atoms. The van der Waals surface area contributed by atoms with Gasteiger partial charge in [0.2, 0.25) is 16.0 Å². The van der Waals surface area contributed by atoms with Crippen LogP contribution in [0.2, 0.25) is 0 Å². The van der Waals surface area contributed by atoms with E-state index in [1.807, 2.05) is 11.6 Å². The Bertz CT molecular complexity index is 661. The summed E-state index contributed by atoms with van der Waals surface area (Å²) in [7, 11) is -1.39. The van der Waals surface area contributed by atoms with Crippen molar-refractivity contribution >= 4 is 16.0 Å². The molecule has 24 heavy (non-hydrogen) atoms. The van der Waals surface area contributed by atoms with E-state index in [0.717, 1.165) is 44.7 Å². The molecule has 0 saturated carbocycles. The van der Waals surface area contributed by atoms with E-state index in [2.05, 4.69) is 19.8 Å². The smallest absolute Gasteiger partial charge is 0.227 e. The van der Waals surface area contributed by atoms with Gasteiger partial charge in [-0.15, -0.1) is 10.2 Å². The maximum Gasteiger partial charge on any atom is 0.227 e. The number of anilines is 1. The Balaban J connectivity index is 1.64. The summed E-state index contributed by atoms with van der Waals surface area (Å²) in [6, 6.07) is -0.407. The summed E-state index contributed by atoms with van der Waals surface area (Å²) in [6.45, 7) is 4.55. The number of rotatable bonds is 5. The number of nitrogens with one attached hydrogen (secondary N) is 1. The van der Waals surface area contributed by atoms with Gasteiger partial charge in [-0.1, -0.05) is 0 Å². The molecule has 2 atom stereocenters. The summed E-state index contributed by atoms with van der Waals surface area (Å²) < 4.78 is 33.1. The lowest BCUT2D eigenvalue weighted by Gasteiger charge is -2.34. The highest BCUT2D eigenvalue weighted by Gasteiger charge is 2.31. The van der Waals surface area contributed by atoms with Crippen LogP contribution in [0.5, 0.6) is 0 Å². The molecule has 9 heteroatoms. The Morgan fingerprint density at radius 1 is 1.25 bits per heavy atom. The molecule has 2 fully saturated rings. The largest absolute Gasteiger partial charge is 0.378 e. The van der Waals surface area contributed by atoms with E-state index in [4.69, 9.17) is 4.74 Å². The van der Waals surface area contributed by atoms with Crippen LogP contribution in [0, 0.1) is 5.92 Å². The van der Waals surface area contributed by atoms with E-state index >= 15 is 0 Å². The van der Waals surface area contributed by atoms with Gasteiger partial charge in [0.05, 0.1) is 18.4 Å². The maximum absolute atomic E-state index is 11.4. The third-order valence-corrected chi connectivity index (χ3v) is 5.76. The van der Waals surface area contributed by atoms with Gasteiger partial charge in [0, 0.05) is 26.7 Å². The van der Waals surface area contributed by atoms with Crippen LogP contribution in [-0.4, -0.2) is 55.2 Å². The standard InChI is InChI=1S/C15H27N5O3S/c1-11(18-24(3,21)22)14-16-17-15(19(14)2)20-8-6-12(7-9-20)13-5-4-10-23-13/h11-13,18H,4-10H2,1-3H3. The molecule has 0 aromatic carbocycles. The normalized spacial score (nSPS) is 24.5. The van der Waals surface area contributed by atoms with Gasteiger partial charge < -0.3 is 9.64 Å². The van der Waals surface area contributed by atoms with E-state index in [9.17, 15) is 8.42 Å². The molecule has 8 nitrogen and oxygen atoms in total. The van der Waals surface area contributed by atoms with Crippen LogP contribution in [0.3, 0.4) is 0 Å². The van der Waals surface area contributed by atoms with Crippen molar-refractivity contribution in [1.29, 1.82) is 0 Å². The fourth-order valence-corrected chi connectivity index (χ4v) is 4.55. The van der Waals surface area contributed by atoms with Gasteiger partial charge in [-0.25, -0.2) is 13.1 Å². The summed E-state index contributed by atoms with van der Waals surface area (Å²) in [5, 5.41) is 8.48. The summed E-state index contributed by atoms with van der Waals surface area (Å²) in [4.78, 5) is 2.23. The van der Waals surface area contributed by atoms with Crippen LogP contribution in [0.1, 0.15) is 44.5 Å². The topological polar surface area (TPSA) is 89.3 Å². The minimum atomic E-state index is -3.28. The van der Waals surface area contributed by atoms with Crippen molar-refractivity contribution in [1.82, 2.24) is 19.5 Å². The molecular weight excluding hydrogens is 330 g/mol. The SMILES string of the molecule is CC(NS(C)(=O)=O)c1nnc(N2CCC(C3CCCO3)CC2)n1C. The third-order valence-electron chi connectivity index (χ3n) is 4.98. The molecule has 1 aromatic heterocycles. The average Bonchev–Trinajstić information content (AvgIpc) is 3.15. The molecule has 2 saturated heterocycles. The number of aromatic nitrogens is 3. The second kappa shape index (κ2) is 6.97. The zero-order valence-corrected chi connectivity index (χ0v) is 15.4. The lowest BCUT2D eigenvalue weighted by atomic mass is 9.90. The van der Waals surface area contributed by atoms with E-state index in [1.165, 1.54) is 12.8 Å². The van der Waals surface area contributed by atoms with Gasteiger partial charge in [0.15, 0.2) is 5.82 Å². The Labute approximate surface area is 143 Å². The number of hydrogen-bond donors (Lipinski definition) is 1. The molecule has 3 heterocycles. The molecule has 1 aromatic rings. The van der Waals surface area contributed by atoms with Crippen LogP contribution in [0.15, 0.2) is 0 Å². The molecule has 1 N–H and O–H groups in total. The van der Waals surface area contributed by atoms with Crippen molar-refractivity contribution in [2.24, 2.45) is 13.0 Å². The highest BCUT2D eigenvalue weighted by atomic mass is 32.2. The Morgan fingerprint density at radius 2 is 1.96 bits per heavy atom. The van der Waals surface area contributed by atoms with Crippen LogP contribution in [0.25, 0.3) is 0 Å². The number of nitrogens with zero attached hydrogens (tertiary/aromatic N) is 4. The summed E-state index contributed by atoms with van der Waals surface area (Å²) in [5.74, 6) is 2.07. The van der Waals surface area contributed by atoms with Crippen molar-refractivity contribution in [3.8, 4) is 0 Å². The molecule has 2 aliphatic heterocycles. The van der Waals surface area contributed by atoms with Crippen molar-refractivity contribution in [3.63, 3.8) is 0 Å². The second-order valence-corrected chi connectivity index (χ2v) is 8.68. The minimum Gasteiger partial charge on any atom is -0.378 e. The van der Waals surface area contributed by atoms with Crippen molar-refractivity contribution in [2.45, 2.75) is 44.8 Å². The Kier molecular flexibility index (Phi) is 5.12. The fraction of sp³-hybridized carbons (Fsp3) is 0.867. The minimum absolute atomic E-state index is 0.407. The molecule has 2 unspecified atom stereocenters. The van der Waals surface area contributed by atoms with Crippen LogP contribution in [0.4, 0.5) is 5.95 Å². The summed E-state index contributed by atoms with van der Waals surface area (Å²) >= 11 is 0. The average molecular weight is 357 g/mol. The molecule has 0 amide bonds. The lowest BCUT2D eigenvalue weighted by molar-refractivity contribution is 0.0530. The van der Waals surface area contributed by atoms with Crippen LogP contribution < -0.4 is 9.62 Å². The lowest BCUT2D eigenvalue weighted by Crippen LogP contribution is -2.39. The van der Waals surface area contributed by atoms with Crippen LogP contribution in [-0.2, 0) is 21.8 Å². The number of piperidine rings is 1. The number of sulfonamides is 1. The summed E-state index contributed by atoms with van der Waals surface area (Å²) in [6.07, 6.45) is 6.15. The van der Waals surface area contributed by atoms with E-state index in [0.29, 0.717) is 17.8 Å². The quantitative estimate of drug-likeness (QED) is 0.839. The van der Waals surface area contributed by atoms with E-state index < -0.39 is 16.1 Å². The van der Waals surface area contributed by atoms with Gasteiger partial charge in [-0.05, 0) is 38.5 Å². The number of hydrogen-bond acceptors (Lipinski definition) is 6. The molecule has 2 aliphatic rings. The first-order valence-corrected chi connectivity index (χ1v) is 10.5. The maximum atomic E-state index is 11.4. The van der Waals surface area contributed by atoms with Gasteiger partial charge in [-0.2, -0.15) is 0 Å². The van der Waals surface area contributed by atoms with Gasteiger partial charge in [-0.3, -0.25) is 4.57 Å². The number of ether oxygens (including phenoxy) is 1. The first kappa shape index (κ1) is 17.6. The van der Waals surface area contributed by atoms with Gasteiger partial charge in [0.1, 0.15) is 0 Å². The summed E-state index contributed by atoms with van der Waals surface area (Å²) in [5.41, 5.74) is 0. The van der Waals surface area contributed by atoms with Crippen molar-refractivity contribution in [3.05, 3.63) is 5.82 Å². The highest BCUT2D eigenvalue weighted by Crippen LogP contribution is 2.30. The van der Waals surface area contributed by atoms with Gasteiger partial charge in [0.25, 0.3) is 0 Å². The zero-order chi connectivity index (χ0) is 17.3. The highest BCUT2D eigenvalue weighted by molar-refractivity contribution is 7.88. The molecule has 0 radical (unpaired) electrons.